The van der Waals surface area contributed by atoms with E-state index in [2.05, 4.69) is 41.2 Å². The van der Waals surface area contributed by atoms with E-state index >= 15 is 0 Å². The summed E-state index contributed by atoms with van der Waals surface area (Å²) in [4.78, 5) is 20.4. The van der Waals surface area contributed by atoms with Gasteiger partial charge in [0.25, 0.3) is 0 Å². The fourth-order valence-corrected chi connectivity index (χ4v) is 3.49. The third-order valence-electron chi connectivity index (χ3n) is 5.29. The van der Waals surface area contributed by atoms with Crippen molar-refractivity contribution in [1.82, 2.24) is 9.97 Å². The summed E-state index contributed by atoms with van der Waals surface area (Å²) in [7, 11) is 0. The number of hydrogen-bond acceptors (Lipinski definition) is 3. The van der Waals surface area contributed by atoms with Crippen LogP contribution < -0.4 is 0 Å². The standard InChI is InChI=1S/C25H28N2O2/c1-3-5-6-7-18-8-10-21(11-9-18)24-26-16-22(17-27-24)19-12-14-20(15-13-19)23(4-2)25(28)29/h8-17,23H,3-7H2,1-2H3,(H,28,29). The van der Waals surface area contributed by atoms with Crippen LogP contribution in [0.5, 0.6) is 0 Å². The van der Waals surface area contributed by atoms with Crippen LogP contribution in [0.2, 0.25) is 0 Å². The first-order valence-corrected chi connectivity index (χ1v) is 10.4. The van der Waals surface area contributed by atoms with Gasteiger partial charge in [0.05, 0.1) is 5.92 Å². The molecule has 1 atom stereocenters. The highest BCUT2D eigenvalue weighted by atomic mass is 16.4. The number of carboxylic acid groups (broad SMARTS) is 1. The van der Waals surface area contributed by atoms with E-state index in [0.717, 1.165) is 28.7 Å². The van der Waals surface area contributed by atoms with Gasteiger partial charge in [0, 0.05) is 23.5 Å². The van der Waals surface area contributed by atoms with Crippen LogP contribution >= 0.6 is 0 Å². The second-order valence-corrected chi connectivity index (χ2v) is 7.37. The Morgan fingerprint density at radius 3 is 2.03 bits per heavy atom. The Kier molecular flexibility index (Phi) is 7.12. The predicted molar refractivity (Wildman–Crippen MR) is 117 cm³/mol. The molecule has 0 radical (unpaired) electrons. The van der Waals surface area contributed by atoms with Crippen molar-refractivity contribution >= 4 is 5.97 Å². The summed E-state index contributed by atoms with van der Waals surface area (Å²) in [5.41, 5.74) is 5.08. The highest BCUT2D eigenvalue weighted by molar-refractivity contribution is 5.76. The topological polar surface area (TPSA) is 63.1 Å². The third kappa shape index (κ3) is 5.29. The Morgan fingerprint density at radius 1 is 0.862 bits per heavy atom. The highest BCUT2D eigenvalue weighted by Crippen LogP contribution is 2.25. The van der Waals surface area contributed by atoms with E-state index in [9.17, 15) is 9.90 Å². The highest BCUT2D eigenvalue weighted by Gasteiger charge is 2.17. The summed E-state index contributed by atoms with van der Waals surface area (Å²) >= 11 is 0. The zero-order valence-electron chi connectivity index (χ0n) is 17.1. The summed E-state index contributed by atoms with van der Waals surface area (Å²) in [6, 6.07) is 16.1. The normalized spacial score (nSPS) is 11.9. The summed E-state index contributed by atoms with van der Waals surface area (Å²) in [6.07, 6.45) is 9.06. The minimum absolute atomic E-state index is 0.465. The van der Waals surface area contributed by atoms with E-state index in [1.807, 2.05) is 43.6 Å². The Balaban J connectivity index is 1.70. The lowest BCUT2D eigenvalue weighted by Gasteiger charge is -2.11. The molecule has 150 valence electrons. The van der Waals surface area contributed by atoms with Crippen molar-refractivity contribution in [2.24, 2.45) is 0 Å². The molecule has 0 spiro atoms. The first kappa shape index (κ1) is 20.7. The predicted octanol–water partition coefficient (Wildman–Crippen LogP) is 6.12. The van der Waals surface area contributed by atoms with Crippen LogP contribution in [0, 0.1) is 0 Å². The number of nitrogens with zero attached hydrogens (tertiary/aromatic N) is 2. The summed E-state index contributed by atoms with van der Waals surface area (Å²) in [5, 5.41) is 9.30. The molecule has 0 aliphatic heterocycles. The zero-order chi connectivity index (χ0) is 20.6. The van der Waals surface area contributed by atoms with E-state index in [1.54, 1.807) is 0 Å². The largest absolute Gasteiger partial charge is 0.481 e. The monoisotopic (exact) mass is 388 g/mol. The van der Waals surface area contributed by atoms with E-state index in [0.29, 0.717) is 12.2 Å². The molecule has 0 saturated carbocycles. The molecule has 3 aromatic rings. The molecule has 4 nitrogen and oxygen atoms in total. The molecule has 0 aliphatic rings. The molecule has 0 amide bonds. The van der Waals surface area contributed by atoms with Crippen LogP contribution in [0.25, 0.3) is 22.5 Å². The van der Waals surface area contributed by atoms with Gasteiger partial charge in [-0.15, -0.1) is 0 Å². The number of aliphatic carboxylic acids is 1. The minimum atomic E-state index is -0.788. The molecular formula is C25H28N2O2. The quantitative estimate of drug-likeness (QED) is 0.448. The van der Waals surface area contributed by atoms with Crippen LogP contribution in [0.4, 0.5) is 0 Å². The summed E-state index contributed by atoms with van der Waals surface area (Å²) < 4.78 is 0. The van der Waals surface area contributed by atoms with Crippen LogP contribution in [0.1, 0.15) is 56.6 Å². The molecule has 0 saturated heterocycles. The Bertz CT molecular complexity index is 917. The van der Waals surface area contributed by atoms with Gasteiger partial charge in [-0.05, 0) is 36.0 Å². The number of unbranched alkanes of at least 4 members (excludes halogenated alkanes) is 2. The number of rotatable bonds is 9. The number of carboxylic acids is 1. The Hall–Kier alpha value is -3.01. The van der Waals surface area contributed by atoms with Gasteiger partial charge in [-0.1, -0.05) is 75.2 Å². The molecule has 1 heterocycles. The fourth-order valence-electron chi connectivity index (χ4n) is 3.49. The molecule has 29 heavy (non-hydrogen) atoms. The molecule has 1 unspecified atom stereocenters. The molecule has 0 bridgehead atoms. The average Bonchev–Trinajstić information content (AvgIpc) is 2.75. The first-order valence-electron chi connectivity index (χ1n) is 10.4. The number of aromatic nitrogens is 2. The van der Waals surface area contributed by atoms with Gasteiger partial charge in [0.2, 0.25) is 0 Å². The van der Waals surface area contributed by atoms with E-state index < -0.39 is 11.9 Å². The van der Waals surface area contributed by atoms with Gasteiger partial charge in [0.1, 0.15) is 0 Å². The lowest BCUT2D eigenvalue weighted by atomic mass is 9.95. The maximum atomic E-state index is 11.3. The molecule has 0 fully saturated rings. The third-order valence-corrected chi connectivity index (χ3v) is 5.29. The SMILES string of the molecule is CCCCCc1ccc(-c2ncc(-c3ccc(C(CC)C(=O)O)cc3)cn2)cc1. The molecule has 4 heteroatoms. The molecule has 2 aromatic carbocycles. The van der Waals surface area contributed by atoms with Gasteiger partial charge < -0.3 is 5.11 Å². The minimum Gasteiger partial charge on any atom is -0.481 e. The molecule has 3 rings (SSSR count). The summed E-state index contributed by atoms with van der Waals surface area (Å²) in [5.74, 6) is -0.542. The molecular weight excluding hydrogens is 360 g/mol. The number of hydrogen-bond donors (Lipinski definition) is 1. The van der Waals surface area contributed by atoms with E-state index in [4.69, 9.17) is 0 Å². The van der Waals surface area contributed by atoms with Crippen molar-refractivity contribution in [1.29, 1.82) is 0 Å². The van der Waals surface area contributed by atoms with Crippen molar-refractivity contribution in [2.75, 3.05) is 0 Å². The smallest absolute Gasteiger partial charge is 0.310 e. The second kappa shape index (κ2) is 9.97. The average molecular weight is 389 g/mol. The maximum Gasteiger partial charge on any atom is 0.310 e. The Morgan fingerprint density at radius 2 is 1.48 bits per heavy atom. The van der Waals surface area contributed by atoms with Gasteiger partial charge >= 0.3 is 5.97 Å². The van der Waals surface area contributed by atoms with Crippen LogP contribution in [0.15, 0.2) is 60.9 Å². The summed E-state index contributed by atoms with van der Waals surface area (Å²) in [6.45, 7) is 4.10. The number of aryl methyl sites for hydroxylation is 1. The fraction of sp³-hybridized carbons (Fsp3) is 0.320. The first-order chi connectivity index (χ1) is 14.1. The molecule has 1 N–H and O–H groups in total. The van der Waals surface area contributed by atoms with Gasteiger partial charge in [-0.25, -0.2) is 9.97 Å². The zero-order valence-corrected chi connectivity index (χ0v) is 17.1. The lowest BCUT2D eigenvalue weighted by molar-refractivity contribution is -0.138. The maximum absolute atomic E-state index is 11.3. The van der Waals surface area contributed by atoms with E-state index in [-0.39, 0.29) is 0 Å². The van der Waals surface area contributed by atoms with Crippen molar-refractivity contribution in [2.45, 2.75) is 51.9 Å². The van der Waals surface area contributed by atoms with Gasteiger partial charge in [-0.2, -0.15) is 0 Å². The Labute approximate surface area is 172 Å². The molecule has 1 aromatic heterocycles. The van der Waals surface area contributed by atoms with Crippen molar-refractivity contribution < 1.29 is 9.90 Å². The van der Waals surface area contributed by atoms with Gasteiger partial charge in [-0.3, -0.25) is 4.79 Å². The van der Waals surface area contributed by atoms with Crippen molar-refractivity contribution in [3.8, 4) is 22.5 Å². The lowest BCUT2D eigenvalue weighted by Crippen LogP contribution is -2.10. The van der Waals surface area contributed by atoms with Crippen LogP contribution in [0.3, 0.4) is 0 Å². The number of carbonyl (C=O) groups is 1. The second-order valence-electron chi connectivity index (χ2n) is 7.37. The molecule has 0 aliphatic carbocycles. The van der Waals surface area contributed by atoms with Crippen molar-refractivity contribution in [3.05, 3.63) is 72.1 Å². The van der Waals surface area contributed by atoms with E-state index in [1.165, 1.54) is 24.8 Å². The van der Waals surface area contributed by atoms with Crippen LogP contribution in [-0.4, -0.2) is 21.0 Å². The number of benzene rings is 2. The van der Waals surface area contributed by atoms with Crippen LogP contribution in [-0.2, 0) is 11.2 Å². The van der Waals surface area contributed by atoms with Gasteiger partial charge in [0.15, 0.2) is 5.82 Å². The van der Waals surface area contributed by atoms with Crippen molar-refractivity contribution in [3.63, 3.8) is 0 Å².